The topological polar surface area (TPSA) is 64.6 Å². The van der Waals surface area contributed by atoms with Crippen molar-refractivity contribution in [2.24, 2.45) is 0 Å². The first-order valence-electron chi connectivity index (χ1n) is 6.90. The summed E-state index contributed by atoms with van der Waals surface area (Å²) in [4.78, 5) is 23.2. The van der Waals surface area contributed by atoms with E-state index in [1.54, 1.807) is 32.9 Å². The molecule has 21 heavy (non-hydrogen) atoms. The van der Waals surface area contributed by atoms with Gasteiger partial charge in [0.25, 0.3) is 0 Å². The van der Waals surface area contributed by atoms with Crippen LogP contribution in [-0.4, -0.2) is 30.8 Å². The molecule has 116 valence electrons. The summed E-state index contributed by atoms with van der Waals surface area (Å²) >= 11 is 0. The molecule has 5 heteroatoms. The zero-order valence-electron chi connectivity index (χ0n) is 13.3. The van der Waals surface area contributed by atoms with Crippen LogP contribution in [0.4, 0.5) is 4.79 Å². The molecule has 0 heterocycles. The van der Waals surface area contributed by atoms with E-state index in [-0.39, 0.29) is 13.2 Å². The van der Waals surface area contributed by atoms with E-state index in [4.69, 9.17) is 9.47 Å². The van der Waals surface area contributed by atoms with Crippen LogP contribution in [0.1, 0.15) is 42.3 Å². The summed E-state index contributed by atoms with van der Waals surface area (Å²) in [5.74, 6) is -0.399. The van der Waals surface area contributed by atoms with Crippen molar-refractivity contribution in [1.82, 2.24) is 5.32 Å². The maximum absolute atomic E-state index is 11.8. The minimum absolute atomic E-state index is 0.102. The second-order valence-electron chi connectivity index (χ2n) is 5.86. The molecule has 0 aliphatic carbocycles. The van der Waals surface area contributed by atoms with Crippen molar-refractivity contribution in [3.63, 3.8) is 0 Å². The van der Waals surface area contributed by atoms with Gasteiger partial charge in [-0.05, 0) is 57.9 Å². The normalized spacial score (nSPS) is 10.9. The van der Waals surface area contributed by atoms with E-state index in [0.717, 1.165) is 11.1 Å². The van der Waals surface area contributed by atoms with Crippen molar-refractivity contribution in [3.05, 3.63) is 34.9 Å². The van der Waals surface area contributed by atoms with Gasteiger partial charge in [-0.3, -0.25) is 0 Å². The average Bonchev–Trinajstić information content (AvgIpc) is 2.35. The van der Waals surface area contributed by atoms with E-state index in [0.29, 0.717) is 5.56 Å². The Kier molecular flexibility index (Phi) is 5.76. The fraction of sp³-hybridized carbons (Fsp3) is 0.500. The molecule has 0 atom stereocenters. The Balaban J connectivity index is 2.34. The molecule has 0 spiro atoms. The molecular formula is C16H23NO4. The van der Waals surface area contributed by atoms with Gasteiger partial charge in [0, 0.05) is 0 Å². The zero-order valence-corrected chi connectivity index (χ0v) is 13.3. The summed E-state index contributed by atoms with van der Waals surface area (Å²) in [6.45, 7) is 9.59. The molecule has 0 saturated heterocycles. The van der Waals surface area contributed by atoms with E-state index in [1.165, 1.54) is 0 Å². The molecule has 1 amide bonds. The first-order valence-corrected chi connectivity index (χ1v) is 6.90. The molecule has 0 saturated carbocycles. The quantitative estimate of drug-likeness (QED) is 0.684. The first-order chi connectivity index (χ1) is 9.69. The first kappa shape index (κ1) is 17.0. The number of alkyl carbamates (subject to hydrolysis) is 1. The molecule has 1 N–H and O–H groups in total. The van der Waals surface area contributed by atoms with Crippen molar-refractivity contribution in [2.75, 3.05) is 13.2 Å². The number of carbonyl (C=O) groups is 2. The third-order valence-corrected chi connectivity index (χ3v) is 2.75. The van der Waals surface area contributed by atoms with Crippen LogP contribution >= 0.6 is 0 Å². The number of carbonyl (C=O) groups excluding carboxylic acids is 2. The average molecular weight is 293 g/mol. The Morgan fingerprint density at radius 2 is 1.81 bits per heavy atom. The van der Waals surface area contributed by atoms with Crippen LogP contribution in [0.25, 0.3) is 0 Å². The molecular weight excluding hydrogens is 270 g/mol. The highest BCUT2D eigenvalue weighted by Crippen LogP contribution is 2.10. The summed E-state index contributed by atoms with van der Waals surface area (Å²) in [6.07, 6.45) is -0.523. The summed E-state index contributed by atoms with van der Waals surface area (Å²) < 4.78 is 10.2. The number of benzene rings is 1. The Hall–Kier alpha value is -2.04. The zero-order chi connectivity index (χ0) is 16.0. The van der Waals surface area contributed by atoms with Crippen molar-refractivity contribution < 1.29 is 19.1 Å². The highest BCUT2D eigenvalue weighted by molar-refractivity contribution is 5.89. The van der Waals surface area contributed by atoms with Gasteiger partial charge in [0.05, 0.1) is 12.1 Å². The van der Waals surface area contributed by atoms with E-state index in [1.807, 2.05) is 19.9 Å². The molecule has 0 radical (unpaired) electrons. The van der Waals surface area contributed by atoms with E-state index in [2.05, 4.69) is 5.32 Å². The van der Waals surface area contributed by atoms with Crippen LogP contribution in [0, 0.1) is 13.8 Å². The van der Waals surface area contributed by atoms with Gasteiger partial charge in [-0.1, -0.05) is 6.07 Å². The number of hydrogen-bond acceptors (Lipinski definition) is 4. The lowest BCUT2D eigenvalue weighted by atomic mass is 10.1. The third kappa shape index (κ3) is 6.29. The van der Waals surface area contributed by atoms with Gasteiger partial charge in [0.1, 0.15) is 12.2 Å². The summed E-state index contributed by atoms with van der Waals surface area (Å²) in [5, 5.41) is 2.53. The maximum Gasteiger partial charge on any atom is 0.407 e. The maximum atomic E-state index is 11.8. The van der Waals surface area contributed by atoms with Gasteiger partial charge in [-0.2, -0.15) is 0 Å². The minimum Gasteiger partial charge on any atom is -0.460 e. The van der Waals surface area contributed by atoms with Crippen molar-refractivity contribution in [3.8, 4) is 0 Å². The summed E-state index contributed by atoms with van der Waals surface area (Å²) in [7, 11) is 0. The number of esters is 1. The number of rotatable bonds is 4. The Morgan fingerprint density at radius 1 is 1.14 bits per heavy atom. The monoisotopic (exact) mass is 293 g/mol. The lowest BCUT2D eigenvalue weighted by molar-refractivity contribution is 0.0433. The standard InChI is InChI=1S/C16H23NO4/c1-11-6-7-13(10-12(11)2)14(18)20-9-8-17-15(19)21-16(3,4)5/h6-7,10H,8-9H2,1-5H3,(H,17,19). The molecule has 5 nitrogen and oxygen atoms in total. The molecule has 1 aromatic rings. The van der Waals surface area contributed by atoms with Crippen LogP contribution < -0.4 is 5.32 Å². The van der Waals surface area contributed by atoms with Gasteiger partial charge in [0.15, 0.2) is 0 Å². The lowest BCUT2D eigenvalue weighted by Crippen LogP contribution is -2.34. The van der Waals surface area contributed by atoms with Crippen LogP contribution in [0.2, 0.25) is 0 Å². The van der Waals surface area contributed by atoms with E-state index in [9.17, 15) is 9.59 Å². The summed E-state index contributed by atoms with van der Waals surface area (Å²) in [6, 6.07) is 5.40. The number of hydrogen-bond donors (Lipinski definition) is 1. The third-order valence-electron chi connectivity index (χ3n) is 2.75. The van der Waals surface area contributed by atoms with Crippen LogP contribution in [0.15, 0.2) is 18.2 Å². The second kappa shape index (κ2) is 7.11. The lowest BCUT2D eigenvalue weighted by Gasteiger charge is -2.19. The van der Waals surface area contributed by atoms with Gasteiger partial charge in [-0.25, -0.2) is 9.59 Å². The molecule has 0 fully saturated rings. The Morgan fingerprint density at radius 3 is 2.38 bits per heavy atom. The van der Waals surface area contributed by atoms with Crippen LogP contribution in [-0.2, 0) is 9.47 Å². The Labute approximate surface area is 125 Å². The van der Waals surface area contributed by atoms with Crippen molar-refractivity contribution in [2.45, 2.75) is 40.2 Å². The molecule has 0 aliphatic rings. The van der Waals surface area contributed by atoms with Crippen molar-refractivity contribution in [1.29, 1.82) is 0 Å². The molecule has 0 aliphatic heterocycles. The van der Waals surface area contributed by atoms with E-state index < -0.39 is 17.7 Å². The smallest absolute Gasteiger partial charge is 0.407 e. The fourth-order valence-electron chi connectivity index (χ4n) is 1.56. The fourth-order valence-corrected chi connectivity index (χ4v) is 1.56. The largest absolute Gasteiger partial charge is 0.460 e. The minimum atomic E-state index is -0.541. The predicted molar refractivity (Wildman–Crippen MR) is 80.4 cm³/mol. The molecule has 1 rings (SSSR count). The summed E-state index contributed by atoms with van der Waals surface area (Å²) in [5.41, 5.74) is 2.13. The number of aryl methyl sites for hydroxylation is 2. The van der Waals surface area contributed by atoms with E-state index >= 15 is 0 Å². The SMILES string of the molecule is Cc1ccc(C(=O)OCCNC(=O)OC(C)(C)C)cc1C. The number of ether oxygens (including phenoxy) is 2. The molecule has 0 bridgehead atoms. The molecule has 1 aromatic carbocycles. The van der Waals surface area contributed by atoms with Gasteiger partial charge < -0.3 is 14.8 Å². The van der Waals surface area contributed by atoms with Crippen molar-refractivity contribution >= 4 is 12.1 Å². The number of nitrogens with one attached hydrogen (secondary N) is 1. The van der Waals surface area contributed by atoms with Crippen LogP contribution in [0.5, 0.6) is 0 Å². The Bertz CT molecular complexity index is 517. The predicted octanol–water partition coefficient (Wildman–Crippen LogP) is 2.98. The molecule has 0 aromatic heterocycles. The van der Waals surface area contributed by atoms with Gasteiger partial charge in [-0.15, -0.1) is 0 Å². The van der Waals surface area contributed by atoms with Crippen LogP contribution in [0.3, 0.4) is 0 Å². The molecule has 0 unspecified atom stereocenters. The van der Waals surface area contributed by atoms with Gasteiger partial charge >= 0.3 is 12.1 Å². The highest BCUT2D eigenvalue weighted by atomic mass is 16.6. The second-order valence-corrected chi connectivity index (χ2v) is 5.86. The highest BCUT2D eigenvalue weighted by Gasteiger charge is 2.15. The van der Waals surface area contributed by atoms with Gasteiger partial charge in [0.2, 0.25) is 0 Å². The number of amides is 1.